The van der Waals surface area contributed by atoms with Gasteiger partial charge < -0.3 is 15.0 Å². The summed E-state index contributed by atoms with van der Waals surface area (Å²) < 4.78 is 19.3. The molecule has 0 atom stereocenters. The zero-order valence-electron chi connectivity index (χ0n) is 16.9. The summed E-state index contributed by atoms with van der Waals surface area (Å²) in [6, 6.07) is 4.25. The molecule has 0 aliphatic heterocycles. The van der Waals surface area contributed by atoms with E-state index in [0.717, 1.165) is 13.0 Å². The number of carbonyl (C=O) groups is 1. The van der Waals surface area contributed by atoms with Crippen LogP contribution in [0.4, 0.5) is 15.9 Å². The molecule has 0 radical (unpaired) electrons. The molecule has 0 unspecified atom stereocenters. The number of hydrogen-bond acceptors (Lipinski definition) is 8. The zero-order chi connectivity index (χ0) is 21.0. The minimum absolute atomic E-state index is 0.00795. The van der Waals surface area contributed by atoms with Gasteiger partial charge in [0.05, 0.1) is 11.8 Å². The molecule has 2 heterocycles. The van der Waals surface area contributed by atoms with Crippen molar-refractivity contribution in [1.82, 2.24) is 19.9 Å². The molecule has 9 heteroatoms. The number of carbonyl (C=O) groups excluding carboxylic acids is 1. The SMILES string of the molecule is CC(C)Oc1cc(F)ccc1Nc1ncnc2sc(C(=O)CCCN(C)C)nc12. The Morgan fingerprint density at radius 1 is 1.31 bits per heavy atom. The van der Waals surface area contributed by atoms with Crippen molar-refractivity contribution < 1.29 is 13.9 Å². The first-order chi connectivity index (χ1) is 13.8. The van der Waals surface area contributed by atoms with E-state index in [1.165, 1.54) is 29.8 Å². The van der Waals surface area contributed by atoms with Crippen LogP contribution >= 0.6 is 11.3 Å². The number of ether oxygens (including phenoxy) is 1. The number of halogens is 1. The van der Waals surface area contributed by atoms with Crippen molar-refractivity contribution >= 4 is 39.0 Å². The molecule has 154 valence electrons. The lowest BCUT2D eigenvalue weighted by Crippen LogP contribution is -2.14. The molecule has 0 fully saturated rings. The Morgan fingerprint density at radius 2 is 2.10 bits per heavy atom. The number of nitrogens with zero attached hydrogens (tertiary/aromatic N) is 4. The van der Waals surface area contributed by atoms with Crippen molar-refractivity contribution in [2.75, 3.05) is 26.0 Å². The lowest BCUT2D eigenvalue weighted by atomic mass is 10.2. The normalized spacial score (nSPS) is 11.4. The monoisotopic (exact) mass is 417 g/mol. The molecular weight excluding hydrogens is 393 g/mol. The van der Waals surface area contributed by atoms with Crippen LogP contribution in [0.1, 0.15) is 36.5 Å². The minimum atomic E-state index is -0.390. The fraction of sp³-hybridized carbons (Fsp3) is 0.400. The Hall–Kier alpha value is -2.65. The summed E-state index contributed by atoms with van der Waals surface area (Å²) in [5.74, 6) is 0.422. The van der Waals surface area contributed by atoms with E-state index in [2.05, 4.69) is 20.3 Å². The molecule has 0 spiro atoms. The second-order valence-electron chi connectivity index (χ2n) is 7.16. The van der Waals surface area contributed by atoms with E-state index >= 15 is 0 Å². The summed E-state index contributed by atoms with van der Waals surface area (Å²) in [5, 5.41) is 3.56. The van der Waals surface area contributed by atoms with E-state index < -0.39 is 5.82 Å². The molecule has 7 nitrogen and oxygen atoms in total. The number of rotatable bonds is 9. The standard InChI is InChI=1S/C20H24FN5O2S/c1-12(2)28-16-10-13(21)7-8-14(16)24-18-17-20(23-11-22-18)29-19(25-17)15(27)6-5-9-26(3)4/h7-8,10-12H,5-6,9H2,1-4H3,(H,22,23,24). The van der Waals surface area contributed by atoms with Crippen LogP contribution in [0, 0.1) is 5.82 Å². The predicted octanol–water partition coefficient (Wildman–Crippen LogP) is 4.28. The van der Waals surface area contributed by atoms with Gasteiger partial charge >= 0.3 is 0 Å². The Kier molecular flexibility index (Phi) is 6.71. The molecular formula is C20H24FN5O2S. The van der Waals surface area contributed by atoms with Gasteiger partial charge in [0.15, 0.2) is 16.6 Å². The maximum Gasteiger partial charge on any atom is 0.191 e. The summed E-state index contributed by atoms with van der Waals surface area (Å²) in [7, 11) is 3.95. The first kappa shape index (κ1) is 21.1. The van der Waals surface area contributed by atoms with E-state index in [0.29, 0.717) is 39.0 Å². The Morgan fingerprint density at radius 3 is 2.83 bits per heavy atom. The van der Waals surface area contributed by atoms with Crippen LogP contribution in [0.2, 0.25) is 0 Å². The number of aromatic nitrogens is 3. The van der Waals surface area contributed by atoms with Crippen LogP contribution in [0.5, 0.6) is 5.75 Å². The summed E-state index contributed by atoms with van der Waals surface area (Å²) in [5.41, 5.74) is 1.07. The molecule has 1 N–H and O–H groups in total. The van der Waals surface area contributed by atoms with Gasteiger partial charge in [-0.1, -0.05) is 11.3 Å². The molecule has 0 aliphatic rings. The number of Topliss-reactive ketones (excluding diaryl/α,β-unsaturated/α-hetero) is 1. The van der Waals surface area contributed by atoms with Gasteiger partial charge in [-0.25, -0.2) is 19.3 Å². The first-order valence-electron chi connectivity index (χ1n) is 9.36. The molecule has 3 rings (SSSR count). The van der Waals surface area contributed by atoms with Gasteiger partial charge in [-0.3, -0.25) is 4.79 Å². The van der Waals surface area contributed by atoms with Gasteiger partial charge in [-0.05, 0) is 53.0 Å². The van der Waals surface area contributed by atoms with E-state index in [1.54, 1.807) is 6.07 Å². The van der Waals surface area contributed by atoms with Crippen LogP contribution in [0.15, 0.2) is 24.5 Å². The molecule has 3 aromatic rings. The number of ketones is 1. The molecule has 0 bridgehead atoms. The quantitative estimate of drug-likeness (QED) is 0.521. The highest BCUT2D eigenvalue weighted by Gasteiger charge is 2.17. The molecule has 29 heavy (non-hydrogen) atoms. The second-order valence-corrected chi connectivity index (χ2v) is 8.13. The third kappa shape index (κ3) is 5.45. The van der Waals surface area contributed by atoms with Gasteiger partial charge in [0.25, 0.3) is 0 Å². The Labute approximate surface area is 173 Å². The highest BCUT2D eigenvalue weighted by Crippen LogP contribution is 2.32. The van der Waals surface area contributed by atoms with Crippen LogP contribution in [0.25, 0.3) is 10.3 Å². The van der Waals surface area contributed by atoms with Crippen LogP contribution in [0.3, 0.4) is 0 Å². The third-order valence-corrected chi connectivity index (χ3v) is 5.01. The van der Waals surface area contributed by atoms with Gasteiger partial charge in [-0.2, -0.15) is 0 Å². The lowest BCUT2D eigenvalue weighted by Gasteiger charge is -2.15. The van der Waals surface area contributed by atoms with Gasteiger partial charge in [0, 0.05) is 12.5 Å². The summed E-state index contributed by atoms with van der Waals surface area (Å²) in [6.45, 7) is 4.57. The largest absolute Gasteiger partial charge is 0.489 e. The van der Waals surface area contributed by atoms with E-state index in [-0.39, 0.29) is 11.9 Å². The maximum absolute atomic E-state index is 13.6. The summed E-state index contributed by atoms with van der Waals surface area (Å²) in [4.78, 5) is 28.1. The van der Waals surface area contributed by atoms with Gasteiger partial charge in [-0.15, -0.1) is 0 Å². The summed E-state index contributed by atoms with van der Waals surface area (Å²) in [6.07, 6.45) is 2.49. The van der Waals surface area contributed by atoms with E-state index in [9.17, 15) is 9.18 Å². The molecule has 1 aromatic carbocycles. The predicted molar refractivity (Wildman–Crippen MR) is 113 cm³/mol. The molecule has 2 aromatic heterocycles. The second kappa shape index (κ2) is 9.23. The Bertz CT molecular complexity index is 1010. The smallest absolute Gasteiger partial charge is 0.191 e. The minimum Gasteiger partial charge on any atom is -0.489 e. The van der Waals surface area contributed by atoms with Gasteiger partial charge in [0.1, 0.15) is 28.2 Å². The topological polar surface area (TPSA) is 80.2 Å². The van der Waals surface area contributed by atoms with Crippen molar-refractivity contribution in [3.63, 3.8) is 0 Å². The van der Waals surface area contributed by atoms with Crippen molar-refractivity contribution in [1.29, 1.82) is 0 Å². The van der Waals surface area contributed by atoms with Crippen molar-refractivity contribution in [2.45, 2.75) is 32.8 Å². The average molecular weight is 418 g/mol. The van der Waals surface area contributed by atoms with Gasteiger partial charge in [0.2, 0.25) is 0 Å². The highest BCUT2D eigenvalue weighted by molar-refractivity contribution is 7.20. The number of benzene rings is 1. The highest BCUT2D eigenvalue weighted by atomic mass is 32.1. The Balaban J connectivity index is 1.86. The first-order valence-corrected chi connectivity index (χ1v) is 10.2. The van der Waals surface area contributed by atoms with E-state index in [4.69, 9.17) is 4.74 Å². The summed E-state index contributed by atoms with van der Waals surface area (Å²) >= 11 is 1.25. The number of nitrogens with one attached hydrogen (secondary N) is 1. The maximum atomic E-state index is 13.6. The lowest BCUT2D eigenvalue weighted by molar-refractivity contribution is 0.0977. The average Bonchev–Trinajstić information content (AvgIpc) is 3.08. The van der Waals surface area contributed by atoms with Crippen LogP contribution in [-0.4, -0.2) is 52.4 Å². The zero-order valence-corrected chi connectivity index (χ0v) is 17.7. The number of anilines is 2. The molecule has 0 saturated carbocycles. The van der Waals surface area contributed by atoms with Crippen molar-refractivity contribution in [3.8, 4) is 5.75 Å². The van der Waals surface area contributed by atoms with Crippen molar-refractivity contribution in [2.24, 2.45) is 0 Å². The molecule has 0 aliphatic carbocycles. The fourth-order valence-electron chi connectivity index (χ4n) is 2.71. The van der Waals surface area contributed by atoms with Crippen LogP contribution in [-0.2, 0) is 0 Å². The van der Waals surface area contributed by atoms with Crippen LogP contribution < -0.4 is 10.1 Å². The van der Waals surface area contributed by atoms with E-state index in [1.807, 2.05) is 32.8 Å². The third-order valence-electron chi connectivity index (χ3n) is 4.00. The fourth-order valence-corrected chi connectivity index (χ4v) is 3.58. The number of thiazole rings is 1. The number of hydrogen-bond donors (Lipinski definition) is 1. The molecule has 0 amide bonds. The molecule has 0 saturated heterocycles. The number of fused-ring (bicyclic) bond motifs is 1. The van der Waals surface area contributed by atoms with Crippen molar-refractivity contribution in [3.05, 3.63) is 35.4 Å².